The number of hydrogen-bond donors (Lipinski definition) is 1. The van der Waals surface area contributed by atoms with E-state index >= 15 is 0 Å². The molecule has 0 spiro atoms. The molecule has 28 heavy (non-hydrogen) atoms. The molecule has 0 atom stereocenters. The highest BCUT2D eigenvalue weighted by Crippen LogP contribution is 2.31. The van der Waals surface area contributed by atoms with Crippen LogP contribution in [0, 0.1) is 13.8 Å². The zero-order chi connectivity index (χ0) is 19.5. The van der Waals surface area contributed by atoms with Gasteiger partial charge in [0.1, 0.15) is 23.6 Å². The quantitative estimate of drug-likeness (QED) is 0.445. The lowest BCUT2D eigenvalue weighted by molar-refractivity contribution is 0.482. The average molecular weight is 369 g/mol. The second-order valence-electron chi connectivity index (χ2n) is 6.89. The third-order valence-corrected chi connectivity index (χ3v) is 4.94. The molecular weight excluding hydrogens is 346 g/mol. The van der Waals surface area contributed by atoms with E-state index in [2.05, 4.69) is 54.3 Å². The van der Waals surface area contributed by atoms with Crippen molar-refractivity contribution in [2.45, 2.75) is 27.2 Å². The van der Waals surface area contributed by atoms with E-state index < -0.39 is 0 Å². The lowest BCUT2D eigenvalue weighted by Gasteiger charge is -2.14. The number of para-hydroxylation sites is 1. The Labute approximate surface area is 165 Å². The Morgan fingerprint density at radius 1 is 0.857 bits per heavy atom. The number of hydrogen-bond acceptors (Lipinski definition) is 4. The molecule has 4 aromatic rings. The van der Waals surface area contributed by atoms with E-state index in [0.29, 0.717) is 0 Å². The number of aryl methyl sites for hydroxylation is 3. The Hall–Kier alpha value is -3.40. The van der Waals surface area contributed by atoms with Crippen LogP contribution in [0.1, 0.15) is 23.6 Å². The summed E-state index contributed by atoms with van der Waals surface area (Å²) in [5.74, 6) is 2.48. The molecule has 0 amide bonds. The minimum absolute atomic E-state index is 0.819. The van der Waals surface area contributed by atoms with Gasteiger partial charge in [0.15, 0.2) is 0 Å². The van der Waals surface area contributed by atoms with E-state index in [1.807, 2.05) is 42.5 Å². The summed E-state index contributed by atoms with van der Waals surface area (Å²) < 4.78 is 5.97. The van der Waals surface area contributed by atoms with Crippen molar-refractivity contribution in [3.63, 3.8) is 0 Å². The molecule has 0 fully saturated rings. The summed E-state index contributed by atoms with van der Waals surface area (Å²) in [5.41, 5.74) is 5.61. The van der Waals surface area contributed by atoms with Crippen molar-refractivity contribution in [2.24, 2.45) is 0 Å². The number of nitrogens with one attached hydrogen (secondary N) is 1. The molecule has 1 N–H and O–H groups in total. The van der Waals surface area contributed by atoms with Gasteiger partial charge in [-0.3, -0.25) is 0 Å². The average Bonchev–Trinajstić information content (AvgIpc) is 2.71. The predicted molar refractivity (Wildman–Crippen MR) is 115 cm³/mol. The fourth-order valence-electron chi connectivity index (χ4n) is 3.22. The lowest BCUT2D eigenvalue weighted by Crippen LogP contribution is -2.00. The summed E-state index contributed by atoms with van der Waals surface area (Å²) >= 11 is 0. The van der Waals surface area contributed by atoms with Crippen molar-refractivity contribution >= 4 is 22.4 Å². The number of rotatable bonds is 5. The first-order valence-electron chi connectivity index (χ1n) is 9.49. The van der Waals surface area contributed by atoms with Gasteiger partial charge in [-0.15, -0.1) is 0 Å². The first-order valence-corrected chi connectivity index (χ1v) is 9.49. The van der Waals surface area contributed by atoms with Crippen LogP contribution < -0.4 is 10.1 Å². The molecule has 3 aromatic carbocycles. The molecular formula is C24H23N3O. The van der Waals surface area contributed by atoms with Gasteiger partial charge in [-0.2, -0.15) is 0 Å². The molecule has 0 aliphatic rings. The summed E-state index contributed by atoms with van der Waals surface area (Å²) in [5, 5.41) is 4.52. The first-order chi connectivity index (χ1) is 13.6. The molecule has 4 nitrogen and oxygen atoms in total. The van der Waals surface area contributed by atoms with Crippen LogP contribution >= 0.6 is 0 Å². The van der Waals surface area contributed by atoms with Crippen molar-refractivity contribution in [1.82, 2.24) is 9.97 Å². The van der Waals surface area contributed by atoms with Gasteiger partial charge < -0.3 is 10.1 Å². The van der Waals surface area contributed by atoms with E-state index in [1.54, 1.807) is 6.33 Å². The van der Waals surface area contributed by atoms with Crippen LogP contribution in [-0.4, -0.2) is 9.97 Å². The van der Waals surface area contributed by atoms with E-state index in [-0.39, 0.29) is 0 Å². The molecule has 0 unspecified atom stereocenters. The van der Waals surface area contributed by atoms with Gasteiger partial charge >= 0.3 is 0 Å². The van der Waals surface area contributed by atoms with Gasteiger partial charge in [0.25, 0.3) is 0 Å². The fraction of sp³-hybridized carbons (Fsp3) is 0.167. The Kier molecular flexibility index (Phi) is 4.94. The number of aromatic nitrogens is 2. The van der Waals surface area contributed by atoms with E-state index in [4.69, 9.17) is 4.74 Å². The van der Waals surface area contributed by atoms with Crippen LogP contribution in [0.4, 0.5) is 11.5 Å². The molecule has 0 saturated heterocycles. The minimum atomic E-state index is 0.819. The van der Waals surface area contributed by atoms with Crippen LogP contribution in [0.3, 0.4) is 0 Å². The number of anilines is 2. The fourth-order valence-corrected chi connectivity index (χ4v) is 3.22. The molecule has 1 heterocycles. The van der Waals surface area contributed by atoms with Gasteiger partial charge in [0, 0.05) is 11.1 Å². The van der Waals surface area contributed by atoms with Gasteiger partial charge in [-0.1, -0.05) is 25.1 Å². The lowest BCUT2D eigenvalue weighted by atomic mass is 10.1. The standard InChI is InChI=1S/C24H23N3O/c1-4-18-14-20(28-19-8-6-5-7-9-19)10-11-22(18)27-24-21-12-16(2)17(3)13-23(21)25-15-26-24/h5-15H,4H2,1-3H3,(H,25,26,27). The van der Waals surface area contributed by atoms with E-state index in [0.717, 1.165) is 40.3 Å². The molecule has 140 valence electrons. The molecule has 0 saturated carbocycles. The third-order valence-electron chi connectivity index (χ3n) is 4.94. The van der Waals surface area contributed by atoms with Crippen molar-refractivity contribution in [3.8, 4) is 11.5 Å². The van der Waals surface area contributed by atoms with Crippen LogP contribution in [-0.2, 0) is 6.42 Å². The highest BCUT2D eigenvalue weighted by Gasteiger charge is 2.10. The molecule has 0 aliphatic carbocycles. The van der Waals surface area contributed by atoms with Crippen molar-refractivity contribution < 1.29 is 4.74 Å². The second kappa shape index (κ2) is 7.69. The van der Waals surface area contributed by atoms with E-state index in [1.165, 1.54) is 16.7 Å². The molecule has 1 aromatic heterocycles. The number of nitrogens with zero attached hydrogens (tertiary/aromatic N) is 2. The summed E-state index contributed by atoms with van der Waals surface area (Å²) in [4.78, 5) is 8.90. The van der Waals surface area contributed by atoms with Crippen molar-refractivity contribution in [3.05, 3.63) is 83.7 Å². The monoisotopic (exact) mass is 369 g/mol. The zero-order valence-electron chi connectivity index (χ0n) is 16.4. The van der Waals surface area contributed by atoms with Crippen LogP contribution in [0.15, 0.2) is 67.0 Å². The zero-order valence-corrected chi connectivity index (χ0v) is 16.4. The topological polar surface area (TPSA) is 47.0 Å². The maximum Gasteiger partial charge on any atom is 0.141 e. The van der Waals surface area contributed by atoms with Gasteiger partial charge in [-0.25, -0.2) is 9.97 Å². The largest absolute Gasteiger partial charge is 0.457 e. The number of ether oxygens (including phenoxy) is 1. The van der Waals surface area contributed by atoms with Crippen LogP contribution in [0.2, 0.25) is 0 Å². The second-order valence-corrected chi connectivity index (χ2v) is 6.89. The number of fused-ring (bicyclic) bond motifs is 1. The normalized spacial score (nSPS) is 10.8. The van der Waals surface area contributed by atoms with Gasteiger partial charge in [-0.05, 0) is 79.4 Å². The molecule has 0 aliphatic heterocycles. The molecule has 4 heteroatoms. The molecule has 0 bridgehead atoms. The van der Waals surface area contributed by atoms with E-state index in [9.17, 15) is 0 Å². The van der Waals surface area contributed by atoms with Crippen molar-refractivity contribution in [2.75, 3.05) is 5.32 Å². The first kappa shape index (κ1) is 18.0. The maximum absolute atomic E-state index is 5.97. The van der Waals surface area contributed by atoms with Crippen molar-refractivity contribution in [1.29, 1.82) is 0 Å². The molecule has 0 radical (unpaired) electrons. The SMILES string of the molecule is CCc1cc(Oc2ccccc2)ccc1Nc1ncnc2cc(C)c(C)cc12. The Morgan fingerprint density at radius 2 is 1.64 bits per heavy atom. The highest BCUT2D eigenvalue weighted by molar-refractivity contribution is 5.91. The summed E-state index contributed by atoms with van der Waals surface area (Å²) in [6.07, 6.45) is 2.49. The third kappa shape index (κ3) is 3.67. The maximum atomic E-state index is 5.97. The number of benzene rings is 3. The van der Waals surface area contributed by atoms with Crippen LogP contribution in [0.25, 0.3) is 10.9 Å². The Morgan fingerprint density at radius 3 is 2.43 bits per heavy atom. The summed E-state index contributed by atoms with van der Waals surface area (Å²) in [6.45, 7) is 6.35. The highest BCUT2D eigenvalue weighted by atomic mass is 16.5. The molecule has 4 rings (SSSR count). The predicted octanol–water partition coefficient (Wildman–Crippen LogP) is 6.34. The minimum Gasteiger partial charge on any atom is -0.457 e. The Bertz CT molecular complexity index is 1120. The van der Waals surface area contributed by atoms with Gasteiger partial charge in [0.2, 0.25) is 0 Å². The van der Waals surface area contributed by atoms with Crippen LogP contribution in [0.5, 0.6) is 11.5 Å². The summed E-state index contributed by atoms with van der Waals surface area (Å²) in [6, 6.07) is 20.2. The van der Waals surface area contributed by atoms with Gasteiger partial charge in [0.05, 0.1) is 5.52 Å². The summed E-state index contributed by atoms with van der Waals surface area (Å²) in [7, 11) is 0. The smallest absolute Gasteiger partial charge is 0.141 e. The Balaban J connectivity index is 1.66.